The third-order valence-corrected chi connectivity index (χ3v) is 2.66. The molecule has 0 spiro atoms. The molecular weight excluding hydrogens is 212 g/mol. The van der Waals surface area contributed by atoms with E-state index in [1.807, 2.05) is 6.92 Å². The predicted octanol–water partition coefficient (Wildman–Crippen LogP) is 2.76. The zero-order valence-electron chi connectivity index (χ0n) is 8.91. The Hall–Kier alpha value is -1.45. The summed E-state index contributed by atoms with van der Waals surface area (Å²) < 4.78 is 30.9. The molecule has 1 aromatic rings. The van der Waals surface area contributed by atoms with E-state index in [1.165, 1.54) is 12.1 Å². The SMILES string of the molecule is CC(CC1CO[C]=N1)c1cc(F)cc(F)c1. The minimum atomic E-state index is -0.542. The molecule has 1 aliphatic rings. The second kappa shape index (κ2) is 4.60. The van der Waals surface area contributed by atoms with E-state index in [4.69, 9.17) is 4.74 Å². The molecule has 1 heterocycles. The Kier molecular flexibility index (Phi) is 3.17. The molecule has 2 rings (SSSR count). The van der Waals surface area contributed by atoms with Gasteiger partial charge in [-0.25, -0.2) is 13.8 Å². The molecule has 1 aliphatic heterocycles. The second-order valence-electron chi connectivity index (χ2n) is 4.02. The third kappa shape index (κ3) is 2.56. The maximum absolute atomic E-state index is 13.0. The average Bonchev–Trinajstić information content (AvgIpc) is 2.68. The van der Waals surface area contributed by atoms with Crippen LogP contribution in [0, 0.1) is 11.6 Å². The van der Waals surface area contributed by atoms with E-state index in [1.54, 1.807) is 0 Å². The standard InChI is InChI=1S/C12H12F2NO/c1-8(2-12-6-16-7-15-12)9-3-10(13)5-11(14)4-9/h3-5,8,12H,2,6H2,1H3. The molecule has 0 saturated carbocycles. The van der Waals surface area contributed by atoms with Crippen molar-refractivity contribution >= 4 is 6.40 Å². The zero-order valence-corrected chi connectivity index (χ0v) is 8.91. The van der Waals surface area contributed by atoms with Gasteiger partial charge in [-0.1, -0.05) is 6.92 Å². The summed E-state index contributed by atoms with van der Waals surface area (Å²) in [7, 11) is 0. The summed E-state index contributed by atoms with van der Waals surface area (Å²) in [5.74, 6) is -1.04. The van der Waals surface area contributed by atoms with Crippen molar-refractivity contribution in [3.8, 4) is 0 Å². The van der Waals surface area contributed by atoms with Crippen molar-refractivity contribution in [2.45, 2.75) is 25.3 Å². The van der Waals surface area contributed by atoms with E-state index < -0.39 is 11.6 Å². The molecule has 85 valence electrons. The van der Waals surface area contributed by atoms with E-state index >= 15 is 0 Å². The molecule has 2 unspecified atom stereocenters. The minimum Gasteiger partial charge on any atom is -0.472 e. The number of hydrogen-bond donors (Lipinski definition) is 0. The van der Waals surface area contributed by atoms with Crippen LogP contribution in [0.5, 0.6) is 0 Å². The highest BCUT2D eigenvalue weighted by molar-refractivity contribution is 5.49. The summed E-state index contributed by atoms with van der Waals surface area (Å²) in [5.41, 5.74) is 0.652. The van der Waals surface area contributed by atoms with E-state index in [9.17, 15) is 8.78 Å². The number of halogens is 2. The number of nitrogens with zero attached hydrogens (tertiary/aromatic N) is 1. The van der Waals surface area contributed by atoms with Gasteiger partial charge in [0.25, 0.3) is 6.40 Å². The highest BCUT2D eigenvalue weighted by atomic mass is 19.1. The van der Waals surface area contributed by atoms with Crippen LogP contribution in [0.2, 0.25) is 0 Å². The lowest BCUT2D eigenvalue weighted by Gasteiger charge is -2.14. The Balaban J connectivity index is 2.07. The molecule has 0 aliphatic carbocycles. The number of benzene rings is 1. The quantitative estimate of drug-likeness (QED) is 0.773. The maximum Gasteiger partial charge on any atom is 0.273 e. The summed E-state index contributed by atoms with van der Waals surface area (Å²) in [6, 6.07) is 3.63. The lowest BCUT2D eigenvalue weighted by Crippen LogP contribution is -2.10. The molecule has 0 N–H and O–H groups in total. The topological polar surface area (TPSA) is 21.6 Å². The Morgan fingerprint density at radius 3 is 2.69 bits per heavy atom. The van der Waals surface area contributed by atoms with Gasteiger partial charge in [0.2, 0.25) is 0 Å². The molecule has 16 heavy (non-hydrogen) atoms. The van der Waals surface area contributed by atoms with Gasteiger partial charge < -0.3 is 4.74 Å². The molecular formula is C12H12F2NO. The third-order valence-electron chi connectivity index (χ3n) is 2.66. The van der Waals surface area contributed by atoms with Crippen molar-refractivity contribution in [2.75, 3.05) is 6.61 Å². The van der Waals surface area contributed by atoms with Crippen LogP contribution in [0.4, 0.5) is 8.78 Å². The smallest absolute Gasteiger partial charge is 0.273 e. The van der Waals surface area contributed by atoms with Gasteiger partial charge >= 0.3 is 0 Å². The van der Waals surface area contributed by atoms with Crippen molar-refractivity contribution in [1.29, 1.82) is 0 Å². The first kappa shape index (κ1) is 11.0. The van der Waals surface area contributed by atoms with Crippen molar-refractivity contribution in [3.63, 3.8) is 0 Å². The van der Waals surface area contributed by atoms with Gasteiger partial charge in [-0.2, -0.15) is 0 Å². The lowest BCUT2D eigenvalue weighted by atomic mass is 9.94. The van der Waals surface area contributed by atoms with Crippen molar-refractivity contribution in [2.24, 2.45) is 4.99 Å². The zero-order chi connectivity index (χ0) is 11.5. The number of ether oxygens (including phenoxy) is 1. The van der Waals surface area contributed by atoms with Gasteiger partial charge in [0.15, 0.2) is 0 Å². The van der Waals surface area contributed by atoms with Gasteiger partial charge in [-0.15, -0.1) is 0 Å². The molecule has 1 radical (unpaired) electrons. The number of rotatable bonds is 3. The molecule has 1 aromatic carbocycles. The summed E-state index contributed by atoms with van der Waals surface area (Å²) in [4.78, 5) is 3.99. The lowest BCUT2D eigenvalue weighted by molar-refractivity contribution is 0.316. The molecule has 0 aromatic heterocycles. The number of hydrogen-bond acceptors (Lipinski definition) is 2. The summed E-state index contributed by atoms with van der Waals surface area (Å²) in [6.45, 7) is 2.42. The molecule has 0 amide bonds. The van der Waals surface area contributed by atoms with Crippen molar-refractivity contribution in [1.82, 2.24) is 0 Å². The van der Waals surface area contributed by atoms with Gasteiger partial charge in [-0.3, -0.25) is 0 Å². The molecule has 4 heteroatoms. The van der Waals surface area contributed by atoms with E-state index in [0.29, 0.717) is 18.6 Å². The van der Waals surface area contributed by atoms with Crippen LogP contribution >= 0.6 is 0 Å². The largest absolute Gasteiger partial charge is 0.472 e. The summed E-state index contributed by atoms with van der Waals surface area (Å²) in [6.07, 6.45) is 3.13. The van der Waals surface area contributed by atoms with Crippen LogP contribution in [-0.2, 0) is 4.74 Å². The molecule has 0 bridgehead atoms. The molecule has 0 saturated heterocycles. The highest BCUT2D eigenvalue weighted by Gasteiger charge is 2.18. The number of aliphatic imine (C=N–C) groups is 1. The molecule has 2 nitrogen and oxygen atoms in total. The Labute approximate surface area is 93.0 Å². The predicted molar refractivity (Wildman–Crippen MR) is 56.6 cm³/mol. The van der Waals surface area contributed by atoms with Crippen LogP contribution in [0.1, 0.15) is 24.8 Å². The van der Waals surface area contributed by atoms with E-state index in [-0.39, 0.29) is 12.0 Å². The maximum atomic E-state index is 13.0. The van der Waals surface area contributed by atoms with E-state index in [2.05, 4.69) is 11.4 Å². The van der Waals surface area contributed by atoms with Crippen LogP contribution in [-0.4, -0.2) is 19.0 Å². The first-order valence-corrected chi connectivity index (χ1v) is 5.18. The monoisotopic (exact) mass is 224 g/mol. The van der Waals surface area contributed by atoms with E-state index in [0.717, 1.165) is 6.07 Å². The Morgan fingerprint density at radius 1 is 1.44 bits per heavy atom. The Morgan fingerprint density at radius 2 is 2.12 bits per heavy atom. The second-order valence-corrected chi connectivity index (χ2v) is 4.02. The fourth-order valence-electron chi connectivity index (χ4n) is 1.81. The average molecular weight is 224 g/mol. The molecule has 0 fully saturated rings. The van der Waals surface area contributed by atoms with Gasteiger partial charge in [0.1, 0.15) is 18.2 Å². The summed E-state index contributed by atoms with van der Waals surface area (Å²) in [5, 5.41) is 0. The Bertz CT molecular complexity index is 386. The normalized spacial score (nSPS) is 20.8. The van der Waals surface area contributed by atoms with Crippen LogP contribution in [0.3, 0.4) is 0 Å². The van der Waals surface area contributed by atoms with Gasteiger partial charge in [-0.05, 0) is 30.0 Å². The van der Waals surface area contributed by atoms with Gasteiger partial charge in [0, 0.05) is 6.07 Å². The molecule has 2 atom stereocenters. The van der Waals surface area contributed by atoms with Crippen molar-refractivity contribution in [3.05, 3.63) is 35.4 Å². The summed E-state index contributed by atoms with van der Waals surface area (Å²) >= 11 is 0. The van der Waals surface area contributed by atoms with Gasteiger partial charge in [0.05, 0.1) is 6.04 Å². The highest BCUT2D eigenvalue weighted by Crippen LogP contribution is 2.24. The van der Waals surface area contributed by atoms with Crippen LogP contribution in [0.15, 0.2) is 23.2 Å². The minimum absolute atomic E-state index is 0.0429. The first-order chi connectivity index (χ1) is 7.65. The first-order valence-electron chi connectivity index (χ1n) is 5.18. The van der Waals surface area contributed by atoms with Crippen LogP contribution < -0.4 is 0 Å². The fraction of sp³-hybridized carbons (Fsp3) is 0.417. The van der Waals surface area contributed by atoms with Crippen LogP contribution in [0.25, 0.3) is 0 Å². The fourth-order valence-corrected chi connectivity index (χ4v) is 1.81. The van der Waals surface area contributed by atoms with Crippen molar-refractivity contribution < 1.29 is 13.5 Å².